The van der Waals surface area contributed by atoms with Crippen molar-refractivity contribution in [1.82, 2.24) is 5.32 Å². The molecule has 1 unspecified atom stereocenters. The van der Waals surface area contributed by atoms with Gasteiger partial charge in [-0.1, -0.05) is 48.0 Å². The van der Waals surface area contributed by atoms with Crippen LogP contribution in [-0.4, -0.2) is 31.9 Å². The summed E-state index contributed by atoms with van der Waals surface area (Å²) in [7, 11) is 0. The average Bonchev–Trinajstić information content (AvgIpc) is 2.45. The van der Waals surface area contributed by atoms with Crippen LogP contribution in [0.15, 0.2) is 28.7 Å². The molecule has 1 atom stereocenters. The third-order valence-corrected chi connectivity index (χ3v) is 4.21. The number of halogens is 1. The molecule has 1 fully saturated rings. The minimum atomic E-state index is 0.0797. The summed E-state index contributed by atoms with van der Waals surface area (Å²) in [4.78, 5) is 0. The Kier molecular flexibility index (Phi) is 6.49. The van der Waals surface area contributed by atoms with Gasteiger partial charge in [-0.2, -0.15) is 0 Å². The maximum atomic E-state index is 6.34. The lowest BCUT2D eigenvalue weighted by atomic mass is 10.1. The van der Waals surface area contributed by atoms with Crippen molar-refractivity contribution < 1.29 is 9.47 Å². The van der Waals surface area contributed by atoms with Crippen LogP contribution < -0.4 is 5.32 Å². The van der Waals surface area contributed by atoms with E-state index in [0.717, 1.165) is 37.1 Å². The summed E-state index contributed by atoms with van der Waals surface area (Å²) in [5, 5.41) is 3.48. The van der Waals surface area contributed by atoms with Crippen molar-refractivity contribution in [1.29, 1.82) is 0 Å². The molecule has 1 aliphatic rings. The highest BCUT2D eigenvalue weighted by Crippen LogP contribution is 2.28. The van der Waals surface area contributed by atoms with Gasteiger partial charge in [0, 0.05) is 30.3 Å². The van der Waals surface area contributed by atoms with E-state index in [4.69, 9.17) is 9.47 Å². The molecule has 1 saturated heterocycles. The fourth-order valence-corrected chi connectivity index (χ4v) is 2.89. The van der Waals surface area contributed by atoms with Gasteiger partial charge in [0.2, 0.25) is 0 Å². The Hall–Kier alpha value is -0.420. The van der Waals surface area contributed by atoms with Gasteiger partial charge in [-0.3, -0.25) is 0 Å². The first-order valence-electron chi connectivity index (χ1n) is 7.38. The lowest BCUT2D eigenvalue weighted by Crippen LogP contribution is -2.33. The van der Waals surface area contributed by atoms with Crippen molar-refractivity contribution in [3.05, 3.63) is 34.3 Å². The van der Waals surface area contributed by atoms with Gasteiger partial charge in [0.1, 0.15) is 0 Å². The van der Waals surface area contributed by atoms with Gasteiger partial charge >= 0.3 is 0 Å². The van der Waals surface area contributed by atoms with Gasteiger partial charge in [0.05, 0.1) is 12.2 Å². The van der Waals surface area contributed by atoms with Crippen molar-refractivity contribution in [2.24, 2.45) is 0 Å². The number of ether oxygens (including phenoxy) is 2. The van der Waals surface area contributed by atoms with Crippen LogP contribution in [0, 0.1) is 0 Å². The van der Waals surface area contributed by atoms with E-state index in [2.05, 4.69) is 53.3 Å². The van der Waals surface area contributed by atoms with E-state index < -0.39 is 0 Å². The zero-order valence-electron chi connectivity index (χ0n) is 12.3. The van der Waals surface area contributed by atoms with Gasteiger partial charge in [-0.05, 0) is 24.5 Å². The predicted molar refractivity (Wildman–Crippen MR) is 84.9 cm³/mol. The van der Waals surface area contributed by atoms with E-state index in [-0.39, 0.29) is 6.10 Å². The molecule has 1 N–H and O–H groups in total. The summed E-state index contributed by atoms with van der Waals surface area (Å²) in [6.07, 6.45) is 2.36. The maximum Gasteiger partial charge on any atom is 0.0963 e. The smallest absolute Gasteiger partial charge is 0.0963 e. The Morgan fingerprint density at radius 1 is 1.30 bits per heavy atom. The van der Waals surface area contributed by atoms with Crippen molar-refractivity contribution in [2.45, 2.75) is 44.9 Å². The van der Waals surface area contributed by atoms with Crippen LogP contribution in [0.25, 0.3) is 0 Å². The van der Waals surface area contributed by atoms with Gasteiger partial charge < -0.3 is 14.8 Å². The average molecular weight is 342 g/mol. The molecule has 112 valence electrons. The lowest BCUT2D eigenvalue weighted by Gasteiger charge is -2.29. The van der Waals surface area contributed by atoms with Crippen LogP contribution in [0.3, 0.4) is 0 Å². The molecule has 4 heteroatoms. The standard InChI is InChI=1S/C16H24BrNO2/c1-12(2)18-11-16(14-5-3-4-6-15(14)17)20-13-7-9-19-10-8-13/h3-6,12-13,16,18H,7-11H2,1-2H3. The molecule has 1 aromatic carbocycles. The summed E-state index contributed by atoms with van der Waals surface area (Å²) in [6, 6.07) is 8.77. The first kappa shape index (κ1) is 16.0. The van der Waals surface area contributed by atoms with Crippen LogP contribution in [0.4, 0.5) is 0 Å². The zero-order chi connectivity index (χ0) is 14.4. The van der Waals surface area contributed by atoms with Gasteiger partial charge in [-0.25, -0.2) is 0 Å². The normalized spacial score (nSPS) is 18.4. The SMILES string of the molecule is CC(C)NCC(OC1CCOCC1)c1ccccc1Br. The molecule has 0 amide bonds. The van der Waals surface area contributed by atoms with Crippen LogP contribution in [0.2, 0.25) is 0 Å². The number of rotatable bonds is 6. The van der Waals surface area contributed by atoms with E-state index in [1.165, 1.54) is 5.56 Å². The molecule has 0 saturated carbocycles. The fourth-order valence-electron chi connectivity index (χ4n) is 2.35. The van der Waals surface area contributed by atoms with E-state index in [9.17, 15) is 0 Å². The number of nitrogens with one attached hydrogen (secondary N) is 1. The Balaban J connectivity index is 2.05. The minimum absolute atomic E-state index is 0.0797. The van der Waals surface area contributed by atoms with Gasteiger partial charge in [0.25, 0.3) is 0 Å². The largest absolute Gasteiger partial charge is 0.381 e. The molecule has 2 rings (SSSR count). The summed E-state index contributed by atoms with van der Waals surface area (Å²) in [5.74, 6) is 0. The zero-order valence-corrected chi connectivity index (χ0v) is 13.9. The molecule has 20 heavy (non-hydrogen) atoms. The number of benzene rings is 1. The second-order valence-electron chi connectivity index (χ2n) is 5.52. The van der Waals surface area contributed by atoms with E-state index >= 15 is 0 Å². The third kappa shape index (κ3) is 4.85. The third-order valence-electron chi connectivity index (χ3n) is 3.49. The molecule has 1 aliphatic heterocycles. The Labute approximate surface area is 130 Å². The van der Waals surface area contributed by atoms with Crippen LogP contribution in [-0.2, 0) is 9.47 Å². The van der Waals surface area contributed by atoms with Crippen molar-refractivity contribution in [3.63, 3.8) is 0 Å². The second kappa shape index (κ2) is 8.13. The molecular weight excluding hydrogens is 318 g/mol. The van der Waals surface area contributed by atoms with E-state index in [1.807, 2.05) is 6.07 Å². The maximum absolute atomic E-state index is 6.34. The summed E-state index contributed by atoms with van der Waals surface area (Å²) < 4.78 is 12.9. The Bertz CT molecular complexity index is 405. The van der Waals surface area contributed by atoms with Gasteiger partial charge in [0.15, 0.2) is 0 Å². The molecule has 0 spiro atoms. The molecule has 3 nitrogen and oxygen atoms in total. The number of hydrogen-bond donors (Lipinski definition) is 1. The van der Waals surface area contributed by atoms with Crippen LogP contribution >= 0.6 is 15.9 Å². The first-order chi connectivity index (χ1) is 9.66. The quantitative estimate of drug-likeness (QED) is 0.855. The Morgan fingerprint density at radius 3 is 2.65 bits per heavy atom. The van der Waals surface area contributed by atoms with E-state index in [1.54, 1.807) is 0 Å². The predicted octanol–water partition coefficient (Wildman–Crippen LogP) is 3.68. The molecule has 0 aliphatic carbocycles. The summed E-state index contributed by atoms with van der Waals surface area (Å²) in [5.41, 5.74) is 1.21. The van der Waals surface area contributed by atoms with Gasteiger partial charge in [-0.15, -0.1) is 0 Å². The number of hydrogen-bond acceptors (Lipinski definition) is 3. The van der Waals surface area contributed by atoms with Crippen molar-refractivity contribution >= 4 is 15.9 Å². The van der Waals surface area contributed by atoms with E-state index in [0.29, 0.717) is 12.1 Å². The van der Waals surface area contributed by atoms with Crippen LogP contribution in [0.5, 0.6) is 0 Å². The molecule has 0 radical (unpaired) electrons. The highest BCUT2D eigenvalue weighted by Gasteiger charge is 2.22. The summed E-state index contributed by atoms with van der Waals surface area (Å²) >= 11 is 3.64. The van der Waals surface area contributed by atoms with Crippen LogP contribution in [0.1, 0.15) is 38.4 Å². The second-order valence-corrected chi connectivity index (χ2v) is 6.38. The molecule has 1 aromatic rings. The monoisotopic (exact) mass is 341 g/mol. The van der Waals surface area contributed by atoms with Crippen molar-refractivity contribution in [3.8, 4) is 0 Å². The lowest BCUT2D eigenvalue weighted by molar-refractivity contribution is -0.0695. The highest BCUT2D eigenvalue weighted by molar-refractivity contribution is 9.10. The summed E-state index contributed by atoms with van der Waals surface area (Å²) in [6.45, 7) is 6.77. The highest BCUT2D eigenvalue weighted by atomic mass is 79.9. The topological polar surface area (TPSA) is 30.5 Å². The minimum Gasteiger partial charge on any atom is -0.381 e. The Morgan fingerprint density at radius 2 is 2.00 bits per heavy atom. The fraction of sp³-hybridized carbons (Fsp3) is 0.625. The molecule has 0 aromatic heterocycles. The van der Waals surface area contributed by atoms with Crippen molar-refractivity contribution in [2.75, 3.05) is 19.8 Å². The molecule has 0 bridgehead atoms. The molecular formula is C16H24BrNO2. The molecule has 1 heterocycles. The first-order valence-corrected chi connectivity index (χ1v) is 8.17.